The molecule has 0 radical (unpaired) electrons. The van der Waals surface area contributed by atoms with Crippen molar-refractivity contribution in [3.63, 3.8) is 0 Å². The number of para-hydroxylation sites is 2. The van der Waals surface area contributed by atoms with E-state index in [0.29, 0.717) is 23.9 Å². The molecule has 1 fully saturated rings. The zero-order valence-corrected chi connectivity index (χ0v) is 12.9. The van der Waals surface area contributed by atoms with Gasteiger partial charge in [-0.3, -0.25) is 0 Å². The van der Waals surface area contributed by atoms with Crippen LogP contribution in [0.15, 0.2) is 54.6 Å². The molecule has 1 saturated heterocycles. The van der Waals surface area contributed by atoms with Crippen molar-refractivity contribution < 1.29 is 9.53 Å². The standard InChI is InChI=1S/C17H17ClN2O2/c18-15-8-4-5-9-16(15)22-17(21)20-12-10-19(11-13-20)14-6-2-1-3-7-14/h1-9H,10-13H2. The Morgan fingerprint density at radius 2 is 1.55 bits per heavy atom. The summed E-state index contributed by atoms with van der Waals surface area (Å²) in [6.07, 6.45) is -0.346. The first-order chi connectivity index (χ1) is 10.7. The highest BCUT2D eigenvalue weighted by Gasteiger charge is 2.23. The van der Waals surface area contributed by atoms with Gasteiger partial charge in [-0.05, 0) is 24.3 Å². The van der Waals surface area contributed by atoms with Gasteiger partial charge < -0.3 is 14.5 Å². The number of hydrogen-bond donors (Lipinski definition) is 0. The highest BCUT2D eigenvalue weighted by atomic mass is 35.5. The first-order valence-corrected chi connectivity index (χ1v) is 7.63. The maximum atomic E-state index is 12.2. The van der Waals surface area contributed by atoms with Gasteiger partial charge in [0, 0.05) is 31.9 Å². The molecule has 0 aliphatic carbocycles. The monoisotopic (exact) mass is 316 g/mol. The summed E-state index contributed by atoms with van der Waals surface area (Å²) in [6.45, 7) is 2.86. The van der Waals surface area contributed by atoms with E-state index in [-0.39, 0.29) is 6.09 Å². The van der Waals surface area contributed by atoms with Crippen molar-refractivity contribution in [2.45, 2.75) is 0 Å². The third-order valence-corrected chi connectivity index (χ3v) is 4.01. The number of hydrogen-bond acceptors (Lipinski definition) is 3. The van der Waals surface area contributed by atoms with E-state index in [2.05, 4.69) is 17.0 Å². The van der Waals surface area contributed by atoms with Crippen LogP contribution < -0.4 is 9.64 Å². The second kappa shape index (κ2) is 6.71. The molecule has 1 aliphatic heterocycles. The lowest BCUT2D eigenvalue weighted by molar-refractivity contribution is 0.149. The molecule has 5 heteroatoms. The summed E-state index contributed by atoms with van der Waals surface area (Å²) < 4.78 is 5.36. The summed E-state index contributed by atoms with van der Waals surface area (Å²) in [5.41, 5.74) is 1.18. The van der Waals surface area contributed by atoms with E-state index in [0.717, 1.165) is 13.1 Å². The Hall–Kier alpha value is -2.20. The number of amides is 1. The number of carbonyl (C=O) groups is 1. The van der Waals surface area contributed by atoms with E-state index < -0.39 is 0 Å². The lowest BCUT2D eigenvalue weighted by atomic mass is 10.2. The largest absolute Gasteiger partial charge is 0.415 e. The molecule has 0 aromatic heterocycles. The van der Waals surface area contributed by atoms with Gasteiger partial charge in [0.15, 0.2) is 5.75 Å². The van der Waals surface area contributed by atoms with E-state index >= 15 is 0 Å². The molecule has 2 aromatic rings. The number of rotatable bonds is 2. The average Bonchev–Trinajstić information content (AvgIpc) is 2.58. The van der Waals surface area contributed by atoms with Crippen molar-refractivity contribution >= 4 is 23.4 Å². The molecular weight excluding hydrogens is 300 g/mol. The quantitative estimate of drug-likeness (QED) is 0.847. The SMILES string of the molecule is O=C(Oc1ccccc1Cl)N1CCN(c2ccccc2)CC1. The van der Waals surface area contributed by atoms with Gasteiger partial charge in [0.05, 0.1) is 5.02 Å². The second-order valence-electron chi connectivity index (χ2n) is 5.11. The molecule has 1 amide bonds. The van der Waals surface area contributed by atoms with Gasteiger partial charge in [0.2, 0.25) is 0 Å². The van der Waals surface area contributed by atoms with Crippen LogP contribution in [-0.4, -0.2) is 37.2 Å². The van der Waals surface area contributed by atoms with Crippen LogP contribution >= 0.6 is 11.6 Å². The number of nitrogens with zero attached hydrogens (tertiary/aromatic N) is 2. The second-order valence-corrected chi connectivity index (χ2v) is 5.52. The van der Waals surface area contributed by atoms with Crippen LogP contribution in [0.2, 0.25) is 5.02 Å². The molecular formula is C17H17ClN2O2. The smallest absolute Gasteiger partial charge is 0.409 e. The van der Waals surface area contributed by atoms with Crippen molar-refractivity contribution in [1.82, 2.24) is 4.90 Å². The van der Waals surface area contributed by atoms with Gasteiger partial charge in [-0.1, -0.05) is 41.9 Å². The molecule has 0 unspecified atom stereocenters. The molecule has 0 bridgehead atoms. The van der Waals surface area contributed by atoms with Crippen LogP contribution in [0.3, 0.4) is 0 Å². The molecule has 0 atom stereocenters. The molecule has 114 valence electrons. The Labute approximate surface area is 134 Å². The van der Waals surface area contributed by atoms with Gasteiger partial charge in [-0.2, -0.15) is 0 Å². The molecule has 0 spiro atoms. The Morgan fingerprint density at radius 3 is 2.23 bits per heavy atom. The number of halogens is 1. The van der Waals surface area contributed by atoms with E-state index in [1.165, 1.54) is 5.69 Å². The number of piperazine rings is 1. The van der Waals surface area contributed by atoms with Gasteiger partial charge in [0.25, 0.3) is 0 Å². The van der Waals surface area contributed by atoms with Crippen LogP contribution in [0.4, 0.5) is 10.5 Å². The van der Waals surface area contributed by atoms with E-state index in [9.17, 15) is 4.79 Å². The summed E-state index contributed by atoms with van der Waals surface area (Å²) in [7, 11) is 0. The van der Waals surface area contributed by atoms with Crippen molar-refractivity contribution in [3.05, 3.63) is 59.6 Å². The summed E-state index contributed by atoms with van der Waals surface area (Å²) in [5, 5.41) is 0.443. The van der Waals surface area contributed by atoms with Crippen molar-refractivity contribution in [3.8, 4) is 5.75 Å². The predicted molar refractivity (Wildman–Crippen MR) is 87.7 cm³/mol. The van der Waals surface area contributed by atoms with E-state index in [1.54, 1.807) is 29.2 Å². The molecule has 1 heterocycles. The highest BCUT2D eigenvalue weighted by molar-refractivity contribution is 6.32. The zero-order chi connectivity index (χ0) is 15.4. The van der Waals surface area contributed by atoms with Crippen LogP contribution in [0.1, 0.15) is 0 Å². The van der Waals surface area contributed by atoms with Crippen LogP contribution in [0.25, 0.3) is 0 Å². The minimum atomic E-state index is -0.346. The average molecular weight is 317 g/mol. The number of carbonyl (C=O) groups excluding carboxylic acids is 1. The van der Waals surface area contributed by atoms with Gasteiger partial charge in [-0.15, -0.1) is 0 Å². The predicted octanol–water partition coefficient (Wildman–Crippen LogP) is 3.66. The third kappa shape index (κ3) is 3.34. The Kier molecular flexibility index (Phi) is 4.49. The summed E-state index contributed by atoms with van der Waals surface area (Å²) in [4.78, 5) is 16.2. The summed E-state index contributed by atoms with van der Waals surface area (Å²) in [5.74, 6) is 0.402. The molecule has 4 nitrogen and oxygen atoms in total. The van der Waals surface area contributed by atoms with Crippen LogP contribution in [-0.2, 0) is 0 Å². The minimum Gasteiger partial charge on any atom is -0.409 e. The topological polar surface area (TPSA) is 32.8 Å². The molecule has 0 N–H and O–H groups in total. The molecule has 2 aromatic carbocycles. The fraction of sp³-hybridized carbons (Fsp3) is 0.235. The Bertz CT molecular complexity index is 640. The van der Waals surface area contributed by atoms with Gasteiger partial charge >= 0.3 is 6.09 Å². The first-order valence-electron chi connectivity index (χ1n) is 7.25. The fourth-order valence-electron chi connectivity index (χ4n) is 2.47. The minimum absolute atomic E-state index is 0.346. The Morgan fingerprint density at radius 1 is 0.909 bits per heavy atom. The van der Waals surface area contributed by atoms with E-state index in [4.69, 9.17) is 16.3 Å². The zero-order valence-electron chi connectivity index (χ0n) is 12.1. The summed E-state index contributed by atoms with van der Waals surface area (Å²) >= 11 is 6.01. The lowest BCUT2D eigenvalue weighted by Crippen LogP contribution is -2.49. The maximum absolute atomic E-state index is 12.2. The number of ether oxygens (including phenoxy) is 1. The Balaban J connectivity index is 1.57. The fourth-order valence-corrected chi connectivity index (χ4v) is 2.65. The van der Waals surface area contributed by atoms with Crippen molar-refractivity contribution in [1.29, 1.82) is 0 Å². The molecule has 22 heavy (non-hydrogen) atoms. The van der Waals surface area contributed by atoms with Gasteiger partial charge in [0.1, 0.15) is 0 Å². The number of anilines is 1. The van der Waals surface area contributed by atoms with Crippen molar-refractivity contribution in [2.24, 2.45) is 0 Å². The lowest BCUT2D eigenvalue weighted by Gasteiger charge is -2.35. The summed E-state index contributed by atoms with van der Waals surface area (Å²) in [6, 6.07) is 17.2. The van der Waals surface area contributed by atoms with Gasteiger partial charge in [-0.25, -0.2) is 4.79 Å². The molecule has 0 saturated carbocycles. The normalized spacial score (nSPS) is 14.8. The number of benzene rings is 2. The van der Waals surface area contributed by atoms with Crippen LogP contribution in [0, 0.1) is 0 Å². The molecule has 1 aliphatic rings. The first kappa shape index (κ1) is 14.7. The molecule has 3 rings (SSSR count). The third-order valence-electron chi connectivity index (χ3n) is 3.69. The van der Waals surface area contributed by atoms with Crippen LogP contribution in [0.5, 0.6) is 5.75 Å². The highest BCUT2D eigenvalue weighted by Crippen LogP contribution is 2.24. The van der Waals surface area contributed by atoms with Crippen molar-refractivity contribution in [2.75, 3.05) is 31.1 Å². The van der Waals surface area contributed by atoms with E-state index in [1.807, 2.05) is 18.2 Å². The maximum Gasteiger partial charge on any atom is 0.415 e.